The van der Waals surface area contributed by atoms with E-state index in [1.54, 1.807) is 0 Å². The zero-order valence-electron chi connectivity index (χ0n) is 6.97. The first-order valence-electron chi connectivity index (χ1n) is 4.01. The Balaban J connectivity index is 2.13. The normalized spacial score (nSPS) is 21.9. The van der Waals surface area contributed by atoms with Gasteiger partial charge in [0.1, 0.15) is 0 Å². The van der Waals surface area contributed by atoms with Crippen LogP contribution in [0, 0.1) is 5.92 Å². The second-order valence-corrected chi connectivity index (χ2v) is 4.54. The van der Waals surface area contributed by atoms with Gasteiger partial charge in [-0.3, -0.25) is 0 Å². The van der Waals surface area contributed by atoms with Crippen LogP contribution in [0.5, 0.6) is 0 Å². The van der Waals surface area contributed by atoms with Gasteiger partial charge in [0.25, 0.3) is 0 Å². The Morgan fingerprint density at radius 3 is 2.40 bits per heavy atom. The first-order chi connectivity index (χ1) is 4.79. The summed E-state index contributed by atoms with van der Waals surface area (Å²) in [7, 11) is 4.34. The van der Waals surface area contributed by atoms with Crippen molar-refractivity contribution in [2.24, 2.45) is 5.92 Å². The van der Waals surface area contributed by atoms with Crippen molar-refractivity contribution in [1.82, 2.24) is 4.90 Å². The highest BCUT2D eigenvalue weighted by atomic mass is 32.2. The molecule has 0 aromatic carbocycles. The summed E-state index contributed by atoms with van der Waals surface area (Å²) in [5, 5.41) is 0. The van der Waals surface area contributed by atoms with E-state index in [1.165, 1.54) is 30.9 Å². The molecule has 0 spiro atoms. The fourth-order valence-electron chi connectivity index (χ4n) is 1.45. The minimum Gasteiger partial charge on any atom is -0.309 e. The van der Waals surface area contributed by atoms with E-state index in [4.69, 9.17) is 0 Å². The van der Waals surface area contributed by atoms with Gasteiger partial charge in [-0.1, -0.05) is 0 Å². The lowest BCUT2D eigenvalue weighted by atomic mass is 10.0. The van der Waals surface area contributed by atoms with Crippen molar-refractivity contribution in [3.63, 3.8) is 0 Å². The Hall–Kier alpha value is 0.310. The first-order valence-corrected chi connectivity index (χ1v) is 5.17. The monoisotopic (exact) mass is 159 g/mol. The maximum atomic E-state index is 2.31. The van der Waals surface area contributed by atoms with E-state index in [0.717, 1.165) is 5.92 Å². The lowest BCUT2D eigenvalue weighted by molar-refractivity contribution is 0.311. The van der Waals surface area contributed by atoms with Gasteiger partial charge in [-0.2, -0.15) is 11.8 Å². The van der Waals surface area contributed by atoms with Gasteiger partial charge in [-0.25, -0.2) is 0 Å². The van der Waals surface area contributed by atoms with Crippen molar-refractivity contribution in [1.29, 1.82) is 0 Å². The molecule has 10 heavy (non-hydrogen) atoms. The van der Waals surface area contributed by atoms with Gasteiger partial charge in [-0.05, 0) is 44.4 Å². The largest absolute Gasteiger partial charge is 0.309 e. The average Bonchev–Trinajstić information content (AvgIpc) is 1.88. The van der Waals surface area contributed by atoms with Crippen LogP contribution in [0.3, 0.4) is 0 Å². The highest BCUT2D eigenvalue weighted by Crippen LogP contribution is 2.22. The summed E-state index contributed by atoms with van der Waals surface area (Å²) in [4.78, 5) is 2.31. The average molecular weight is 159 g/mol. The Morgan fingerprint density at radius 2 is 1.90 bits per heavy atom. The first kappa shape index (κ1) is 8.41. The molecule has 0 amide bonds. The van der Waals surface area contributed by atoms with Crippen LogP contribution in [-0.4, -0.2) is 37.0 Å². The summed E-state index contributed by atoms with van der Waals surface area (Å²) in [6.45, 7) is 1.29. The van der Waals surface area contributed by atoms with Gasteiger partial charge < -0.3 is 4.90 Å². The molecule has 1 aliphatic heterocycles. The van der Waals surface area contributed by atoms with Crippen LogP contribution >= 0.6 is 11.8 Å². The third-order valence-electron chi connectivity index (χ3n) is 1.96. The third-order valence-corrected chi connectivity index (χ3v) is 3.01. The van der Waals surface area contributed by atoms with Crippen LogP contribution in [0.2, 0.25) is 0 Å². The molecule has 1 saturated heterocycles. The molecule has 0 aliphatic carbocycles. The highest BCUT2D eigenvalue weighted by Gasteiger charge is 2.13. The number of hydrogen-bond donors (Lipinski definition) is 0. The number of nitrogens with zero attached hydrogens (tertiary/aromatic N) is 1. The zero-order chi connectivity index (χ0) is 7.40. The molecule has 0 aromatic rings. The lowest BCUT2D eigenvalue weighted by Gasteiger charge is -2.24. The Morgan fingerprint density at radius 1 is 1.30 bits per heavy atom. The van der Waals surface area contributed by atoms with Gasteiger partial charge in [-0.15, -0.1) is 0 Å². The van der Waals surface area contributed by atoms with E-state index < -0.39 is 0 Å². The predicted molar refractivity (Wildman–Crippen MR) is 48.6 cm³/mol. The molecule has 0 atom stereocenters. The molecule has 0 saturated carbocycles. The van der Waals surface area contributed by atoms with E-state index in [9.17, 15) is 0 Å². The molecule has 1 aliphatic rings. The molecule has 1 nitrogen and oxygen atoms in total. The third kappa shape index (κ3) is 2.93. The van der Waals surface area contributed by atoms with E-state index in [-0.39, 0.29) is 0 Å². The molecule has 2 heteroatoms. The van der Waals surface area contributed by atoms with Crippen molar-refractivity contribution in [2.75, 3.05) is 32.1 Å². The fourth-order valence-corrected chi connectivity index (χ4v) is 2.65. The topological polar surface area (TPSA) is 3.24 Å². The molecule has 0 N–H and O–H groups in total. The summed E-state index contributed by atoms with van der Waals surface area (Å²) in [5.41, 5.74) is 0. The van der Waals surface area contributed by atoms with Gasteiger partial charge in [0.05, 0.1) is 0 Å². The second-order valence-electron chi connectivity index (χ2n) is 3.32. The Bertz CT molecular complexity index is 87.3. The van der Waals surface area contributed by atoms with Gasteiger partial charge in [0.15, 0.2) is 0 Å². The van der Waals surface area contributed by atoms with Gasteiger partial charge in [0.2, 0.25) is 0 Å². The lowest BCUT2D eigenvalue weighted by Crippen LogP contribution is -2.24. The Kier molecular flexibility index (Phi) is 3.57. The maximum absolute atomic E-state index is 2.31. The SMILES string of the molecule is CN(C)CC1CCSCC1. The van der Waals surface area contributed by atoms with Crippen LogP contribution in [0.1, 0.15) is 12.8 Å². The minimum atomic E-state index is 0.983. The fraction of sp³-hybridized carbons (Fsp3) is 1.00. The predicted octanol–water partition coefficient (Wildman–Crippen LogP) is 1.69. The number of rotatable bonds is 2. The second kappa shape index (κ2) is 4.24. The summed E-state index contributed by atoms with van der Waals surface area (Å²) >= 11 is 2.11. The molecule has 0 bridgehead atoms. The smallest absolute Gasteiger partial charge is 0.000415 e. The molecule has 1 heterocycles. The summed E-state index contributed by atoms with van der Waals surface area (Å²) in [6.07, 6.45) is 2.87. The highest BCUT2D eigenvalue weighted by molar-refractivity contribution is 7.99. The van der Waals surface area contributed by atoms with Gasteiger partial charge in [0, 0.05) is 6.54 Å². The molecule has 60 valence electrons. The number of thioether (sulfide) groups is 1. The van der Waals surface area contributed by atoms with E-state index in [2.05, 4.69) is 30.8 Å². The van der Waals surface area contributed by atoms with Crippen LogP contribution < -0.4 is 0 Å². The van der Waals surface area contributed by atoms with E-state index >= 15 is 0 Å². The summed E-state index contributed by atoms with van der Waals surface area (Å²) in [5.74, 6) is 3.76. The van der Waals surface area contributed by atoms with Crippen LogP contribution in [0.25, 0.3) is 0 Å². The molecule has 0 unspecified atom stereocenters. The van der Waals surface area contributed by atoms with E-state index in [1.807, 2.05) is 0 Å². The van der Waals surface area contributed by atoms with Crippen molar-refractivity contribution < 1.29 is 0 Å². The summed E-state index contributed by atoms with van der Waals surface area (Å²) in [6, 6.07) is 0. The maximum Gasteiger partial charge on any atom is 0.000415 e. The quantitative estimate of drug-likeness (QED) is 0.603. The molecular formula is C8H17NS. The number of hydrogen-bond acceptors (Lipinski definition) is 2. The molecular weight excluding hydrogens is 142 g/mol. The molecule has 0 radical (unpaired) electrons. The van der Waals surface area contributed by atoms with Crippen molar-refractivity contribution >= 4 is 11.8 Å². The molecule has 0 aromatic heterocycles. The van der Waals surface area contributed by atoms with Crippen LogP contribution in [0.15, 0.2) is 0 Å². The van der Waals surface area contributed by atoms with Crippen molar-refractivity contribution in [2.45, 2.75) is 12.8 Å². The molecule has 1 rings (SSSR count). The van der Waals surface area contributed by atoms with Crippen molar-refractivity contribution in [3.8, 4) is 0 Å². The Labute approximate surface area is 68.2 Å². The molecule has 1 fully saturated rings. The minimum absolute atomic E-state index is 0.983. The van der Waals surface area contributed by atoms with E-state index in [0.29, 0.717) is 0 Å². The van der Waals surface area contributed by atoms with Gasteiger partial charge >= 0.3 is 0 Å². The standard InChI is InChI=1S/C8H17NS/c1-9(2)7-8-3-5-10-6-4-8/h8H,3-7H2,1-2H3. The van der Waals surface area contributed by atoms with Crippen LogP contribution in [-0.2, 0) is 0 Å². The van der Waals surface area contributed by atoms with Crippen LogP contribution in [0.4, 0.5) is 0 Å². The van der Waals surface area contributed by atoms with Crippen molar-refractivity contribution in [3.05, 3.63) is 0 Å². The summed E-state index contributed by atoms with van der Waals surface area (Å²) < 4.78 is 0. The zero-order valence-corrected chi connectivity index (χ0v) is 7.78.